The van der Waals surface area contributed by atoms with E-state index in [1.165, 1.54) is 11.3 Å². The second-order valence-electron chi connectivity index (χ2n) is 4.83. The highest BCUT2D eigenvalue weighted by Gasteiger charge is 2.06. The van der Waals surface area contributed by atoms with Gasteiger partial charge in [0.1, 0.15) is 0 Å². The third-order valence-corrected chi connectivity index (χ3v) is 3.28. The van der Waals surface area contributed by atoms with Crippen LogP contribution in [0.3, 0.4) is 0 Å². The summed E-state index contributed by atoms with van der Waals surface area (Å²) in [7, 11) is 2.05. The first-order valence-electron chi connectivity index (χ1n) is 6.45. The lowest BCUT2D eigenvalue weighted by Gasteiger charge is -2.21. The van der Waals surface area contributed by atoms with E-state index < -0.39 is 0 Å². The molecule has 0 aliphatic heterocycles. The molecule has 0 unspecified atom stereocenters. The van der Waals surface area contributed by atoms with Crippen molar-refractivity contribution in [2.75, 3.05) is 11.9 Å². The van der Waals surface area contributed by atoms with Crippen molar-refractivity contribution in [3.05, 3.63) is 65.2 Å². The fourth-order valence-corrected chi connectivity index (χ4v) is 2.24. The minimum Gasteiger partial charge on any atom is -0.409 e. The lowest BCUT2D eigenvalue weighted by atomic mass is 10.1. The first-order chi connectivity index (χ1) is 9.61. The molecule has 4 nitrogen and oxygen atoms in total. The molecule has 2 rings (SSSR count). The number of rotatable bonds is 4. The average Bonchev–Trinajstić information content (AvgIpc) is 2.47. The van der Waals surface area contributed by atoms with Crippen LogP contribution in [0, 0.1) is 6.92 Å². The van der Waals surface area contributed by atoms with Gasteiger partial charge in [0, 0.05) is 24.8 Å². The molecule has 0 spiro atoms. The van der Waals surface area contributed by atoms with Crippen LogP contribution < -0.4 is 10.6 Å². The van der Waals surface area contributed by atoms with Crippen LogP contribution in [0.25, 0.3) is 0 Å². The molecule has 0 aliphatic carbocycles. The molecule has 2 aromatic rings. The Morgan fingerprint density at radius 3 is 2.65 bits per heavy atom. The Balaban J connectivity index is 2.20. The molecular formula is C16H19N3O. The zero-order valence-electron chi connectivity index (χ0n) is 11.7. The standard InChI is InChI=1S/C16H19N3O/c1-12-6-3-4-9-15(12)19(2)11-13-7-5-8-14(10-13)16(17)18-20/h3-10,20H,11H2,1-2H3,(H2,17,18). The van der Waals surface area contributed by atoms with Gasteiger partial charge in [-0.3, -0.25) is 0 Å². The fraction of sp³-hybridized carbons (Fsp3) is 0.188. The number of nitrogens with two attached hydrogens (primary N) is 1. The smallest absolute Gasteiger partial charge is 0.170 e. The number of oxime groups is 1. The van der Waals surface area contributed by atoms with Crippen molar-refractivity contribution in [1.82, 2.24) is 0 Å². The number of hydrogen-bond donors (Lipinski definition) is 2. The minimum atomic E-state index is 0.130. The highest BCUT2D eigenvalue weighted by molar-refractivity contribution is 5.97. The second kappa shape index (κ2) is 6.10. The number of anilines is 1. The number of nitrogens with zero attached hydrogens (tertiary/aromatic N) is 2. The SMILES string of the molecule is Cc1ccccc1N(C)Cc1cccc(C(N)=NO)c1. The summed E-state index contributed by atoms with van der Waals surface area (Å²) in [5, 5.41) is 11.8. The van der Waals surface area contributed by atoms with E-state index in [1.807, 2.05) is 36.4 Å². The second-order valence-corrected chi connectivity index (χ2v) is 4.83. The highest BCUT2D eigenvalue weighted by Crippen LogP contribution is 2.20. The van der Waals surface area contributed by atoms with E-state index in [0.717, 1.165) is 17.7 Å². The predicted octanol–water partition coefficient (Wildman–Crippen LogP) is 2.73. The summed E-state index contributed by atoms with van der Waals surface area (Å²) < 4.78 is 0. The number of aryl methyl sites for hydroxylation is 1. The maximum atomic E-state index is 8.73. The lowest BCUT2D eigenvalue weighted by molar-refractivity contribution is 0.318. The molecular weight excluding hydrogens is 250 g/mol. The molecule has 0 saturated carbocycles. The summed E-state index contributed by atoms with van der Waals surface area (Å²) in [6, 6.07) is 16.0. The summed E-state index contributed by atoms with van der Waals surface area (Å²) >= 11 is 0. The van der Waals surface area contributed by atoms with E-state index in [0.29, 0.717) is 0 Å². The summed E-state index contributed by atoms with van der Waals surface area (Å²) in [5.41, 5.74) is 9.89. The summed E-state index contributed by atoms with van der Waals surface area (Å²) in [5.74, 6) is 0.130. The first-order valence-corrected chi connectivity index (χ1v) is 6.45. The Kier molecular flexibility index (Phi) is 4.25. The molecule has 0 fully saturated rings. The van der Waals surface area contributed by atoms with Crippen LogP contribution in [0.4, 0.5) is 5.69 Å². The van der Waals surface area contributed by atoms with Crippen LogP contribution >= 0.6 is 0 Å². The van der Waals surface area contributed by atoms with Gasteiger partial charge in [-0.25, -0.2) is 0 Å². The first kappa shape index (κ1) is 13.9. The van der Waals surface area contributed by atoms with E-state index >= 15 is 0 Å². The summed E-state index contributed by atoms with van der Waals surface area (Å²) in [6.07, 6.45) is 0. The van der Waals surface area contributed by atoms with Gasteiger partial charge in [0.05, 0.1) is 0 Å². The highest BCUT2D eigenvalue weighted by atomic mass is 16.4. The zero-order valence-corrected chi connectivity index (χ0v) is 11.7. The normalized spacial score (nSPS) is 11.4. The molecule has 0 saturated heterocycles. The van der Waals surface area contributed by atoms with Crippen LogP contribution in [0.5, 0.6) is 0 Å². The van der Waals surface area contributed by atoms with Crippen molar-refractivity contribution in [1.29, 1.82) is 0 Å². The van der Waals surface area contributed by atoms with Gasteiger partial charge in [-0.1, -0.05) is 41.6 Å². The molecule has 0 heterocycles. The summed E-state index contributed by atoms with van der Waals surface area (Å²) in [4.78, 5) is 2.18. The Hall–Kier alpha value is -2.49. The van der Waals surface area contributed by atoms with Gasteiger partial charge in [0.2, 0.25) is 0 Å². The van der Waals surface area contributed by atoms with Crippen molar-refractivity contribution >= 4 is 11.5 Å². The van der Waals surface area contributed by atoms with Crippen LogP contribution in [-0.4, -0.2) is 18.1 Å². The molecule has 0 aromatic heterocycles. The quantitative estimate of drug-likeness (QED) is 0.388. The van der Waals surface area contributed by atoms with Crippen molar-refractivity contribution < 1.29 is 5.21 Å². The fourth-order valence-electron chi connectivity index (χ4n) is 2.24. The largest absolute Gasteiger partial charge is 0.409 e. The molecule has 20 heavy (non-hydrogen) atoms. The Morgan fingerprint density at radius 1 is 1.20 bits per heavy atom. The van der Waals surface area contributed by atoms with Crippen LogP contribution in [-0.2, 0) is 6.54 Å². The van der Waals surface area contributed by atoms with E-state index in [1.54, 1.807) is 0 Å². The Morgan fingerprint density at radius 2 is 1.95 bits per heavy atom. The Labute approximate surface area is 119 Å². The van der Waals surface area contributed by atoms with Gasteiger partial charge in [-0.05, 0) is 30.2 Å². The van der Waals surface area contributed by atoms with Gasteiger partial charge in [-0.2, -0.15) is 0 Å². The zero-order chi connectivity index (χ0) is 14.5. The topological polar surface area (TPSA) is 61.8 Å². The maximum Gasteiger partial charge on any atom is 0.170 e. The molecule has 0 amide bonds. The van der Waals surface area contributed by atoms with Gasteiger partial charge in [0.15, 0.2) is 5.84 Å². The third kappa shape index (κ3) is 3.09. The third-order valence-electron chi connectivity index (χ3n) is 3.28. The van der Waals surface area contributed by atoms with Crippen molar-refractivity contribution in [2.45, 2.75) is 13.5 Å². The minimum absolute atomic E-state index is 0.130. The van der Waals surface area contributed by atoms with Crippen LogP contribution in [0.2, 0.25) is 0 Å². The van der Waals surface area contributed by atoms with Crippen molar-refractivity contribution in [2.24, 2.45) is 10.9 Å². The van der Waals surface area contributed by atoms with Gasteiger partial charge in [0.25, 0.3) is 0 Å². The molecule has 4 heteroatoms. The molecule has 3 N–H and O–H groups in total. The van der Waals surface area contributed by atoms with Gasteiger partial charge in [-0.15, -0.1) is 0 Å². The number of para-hydroxylation sites is 1. The molecule has 0 radical (unpaired) electrons. The molecule has 2 aromatic carbocycles. The molecule has 0 aliphatic rings. The number of amidine groups is 1. The monoisotopic (exact) mass is 269 g/mol. The van der Waals surface area contributed by atoms with E-state index in [-0.39, 0.29) is 5.84 Å². The van der Waals surface area contributed by atoms with Gasteiger partial charge < -0.3 is 15.8 Å². The molecule has 0 atom stereocenters. The average molecular weight is 269 g/mol. The number of hydrogen-bond acceptors (Lipinski definition) is 3. The maximum absolute atomic E-state index is 8.73. The summed E-state index contributed by atoms with van der Waals surface area (Å²) in [6.45, 7) is 2.86. The predicted molar refractivity (Wildman–Crippen MR) is 82.2 cm³/mol. The van der Waals surface area contributed by atoms with Crippen LogP contribution in [0.1, 0.15) is 16.7 Å². The van der Waals surface area contributed by atoms with Crippen molar-refractivity contribution in [3.8, 4) is 0 Å². The van der Waals surface area contributed by atoms with Crippen molar-refractivity contribution in [3.63, 3.8) is 0 Å². The van der Waals surface area contributed by atoms with E-state index in [9.17, 15) is 0 Å². The van der Waals surface area contributed by atoms with Gasteiger partial charge >= 0.3 is 0 Å². The number of benzene rings is 2. The molecule has 0 bridgehead atoms. The lowest BCUT2D eigenvalue weighted by Crippen LogP contribution is -2.18. The van der Waals surface area contributed by atoms with E-state index in [4.69, 9.17) is 10.9 Å². The Bertz CT molecular complexity index is 623. The molecule has 104 valence electrons. The van der Waals surface area contributed by atoms with E-state index in [2.05, 4.69) is 36.2 Å². The van der Waals surface area contributed by atoms with Crippen LogP contribution in [0.15, 0.2) is 53.7 Å².